The number of carbonyl (C=O) groups is 1. The van der Waals surface area contributed by atoms with Gasteiger partial charge in [-0.15, -0.1) is 0 Å². The van der Waals surface area contributed by atoms with E-state index in [0.717, 1.165) is 22.0 Å². The van der Waals surface area contributed by atoms with Crippen LogP contribution >= 0.6 is 22.6 Å². The van der Waals surface area contributed by atoms with Crippen LogP contribution in [0.25, 0.3) is 0 Å². The molecular formula is C10H11IO2. The summed E-state index contributed by atoms with van der Waals surface area (Å²) in [6.07, 6.45) is 1.98. The van der Waals surface area contributed by atoms with Gasteiger partial charge in [-0.3, -0.25) is 0 Å². The van der Waals surface area contributed by atoms with Crippen molar-refractivity contribution in [3.8, 4) is 0 Å². The fourth-order valence-electron chi connectivity index (χ4n) is 1.18. The number of carboxylic acids is 1. The second kappa shape index (κ2) is 4.60. The van der Waals surface area contributed by atoms with Crippen LogP contribution in [-0.2, 0) is 6.42 Å². The van der Waals surface area contributed by atoms with Crippen LogP contribution < -0.4 is 0 Å². The molecule has 0 aromatic heterocycles. The molecule has 0 atom stereocenters. The number of benzene rings is 1. The van der Waals surface area contributed by atoms with E-state index in [1.165, 1.54) is 0 Å². The first kappa shape index (κ1) is 10.5. The third-order valence-electron chi connectivity index (χ3n) is 1.80. The van der Waals surface area contributed by atoms with E-state index < -0.39 is 5.97 Å². The van der Waals surface area contributed by atoms with Crippen LogP contribution in [0.2, 0.25) is 0 Å². The number of halogens is 1. The van der Waals surface area contributed by atoms with Crippen LogP contribution in [0.3, 0.4) is 0 Å². The lowest BCUT2D eigenvalue weighted by Crippen LogP contribution is -2.00. The van der Waals surface area contributed by atoms with Gasteiger partial charge in [0, 0.05) is 3.57 Å². The third kappa shape index (κ3) is 2.69. The predicted molar refractivity (Wildman–Crippen MR) is 60.1 cm³/mol. The average Bonchev–Trinajstić information content (AvgIpc) is 2.08. The molecule has 0 bridgehead atoms. The molecule has 0 radical (unpaired) electrons. The molecule has 0 aliphatic carbocycles. The van der Waals surface area contributed by atoms with Crippen molar-refractivity contribution in [1.82, 2.24) is 0 Å². The van der Waals surface area contributed by atoms with Gasteiger partial charge in [0.05, 0.1) is 5.56 Å². The predicted octanol–water partition coefficient (Wildman–Crippen LogP) is 2.94. The summed E-state index contributed by atoms with van der Waals surface area (Å²) in [4.78, 5) is 10.8. The molecule has 0 heterocycles. The van der Waals surface area contributed by atoms with Crippen LogP contribution in [0.5, 0.6) is 0 Å². The molecule has 0 saturated carbocycles. The molecule has 0 fully saturated rings. The number of hydrogen-bond acceptors (Lipinski definition) is 1. The van der Waals surface area contributed by atoms with Gasteiger partial charge in [0.2, 0.25) is 0 Å². The minimum absolute atomic E-state index is 0.409. The lowest BCUT2D eigenvalue weighted by molar-refractivity contribution is 0.0695. The monoisotopic (exact) mass is 290 g/mol. The third-order valence-corrected chi connectivity index (χ3v) is 2.74. The number of aromatic carboxylic acids is 1. The van der Waals surface area contributed by atoms with Crippen molar-refractivity contribution >= 4 is 28.6 Å². The van der Waals surface area contributed by atoms with Crippen molar-refractivity contribution < 1.29 is 9.90 Å². The topological polar surface area (TPSA) is 37.3 Å². The Morgan fingerprint density at radius 1 is 1.54 bits per heavy atom. The van der Waals surface area contributed by atoms with Crippen molar-refractivity contribution in [3.63, 3.8) is 0 Å². The quantitative estimate of drug-likeness (QED) is 0.869. The van der Waals surface area contributed by atoms with Crippen molar-refractivity contribution in [1.29, 1.82) is 0 Å². The Kier molecular flexibility index (Phi) is 3.71. The highest BCUT2D eigenvalue weighted by Gasteiger charge is 2.07. The van der Waals surface area contributed by atoms with E-state index in [1.54, 1.807) is 6.07 Å². The molecule has 0 saturated heterocycles. The summed E-state index contributed by atoms with van der Waals surface area (Å²) in [5, 5.41) is 8.85. The summed E-state index contributed by atoms with van der Waals surface area (Å²) in [5.74, 6) is -0.845. The minimum atomic E-state index is -0.845. The van der Waals surface area contributed by atoms with E-state index in [4.69, 9.17) is 5.11 Å². The van der Waals surface area contributed by atoms with Gasteiger partial charge in [0.15, 0.2) is 0 Å². The zero-order valence-electron chi connectivity index (χ0n) is 7.38. The standard InChI is InChI=1S/C10H11IO2/c1-2-3-7-4-5-9(11)8(6-7)10(12)13/h4-6H,2-3H2,1H3,(H,12,13). The van der Waals surface area contributed by atoms with Gasteiger partial charge in [0.25, 0.3) is 0 Å². The highest BCUT2D eigenvalue weighted by Crippen LogP contribution is 2.15. The molecule has 3 heteroatoms. The maximum atomic E-state index is 10.8. The number of aryl methyl sites for hydroxylation is 1. The summed E-state index contributed by atoms with van der Waals surface area (Å²) in [5.41, 5.74) is 1.51. The molecule has 1 aromatic carbocycles. The molecule has 0 unspecified atom stereocenters. The first-order chi connectivity index (χ1) is 6.15. The molecule has 0 spiro atoms. The SMILES string of the molecule is CCCc1ccc(I)c(C(=O)O)c1. The zero-order chi connectivity index (χ0) is 9.84. The summed E-state index contributed by atoms with van der Waals surface area (Å²) in [6, 6.07) is 5.60. The van der Waals surface area contributed by atoms with E-state index in [0.29, 0.717) is 5.56 Å². The normalized spacial score (nSPS) is 10.0. The fraction of sp³-hybridized carbons (Fsp3) is 0.300. The minimum Gasteiger partial charge on any atom is -0.478 e. The fourth-order valence-corrected chi connectivity index (χ4v) is 1.75. The largest absolute Gasteiger partial charge is 0.478 e. The molecular weight excluding hydrogens is 279 g/mol. The van der Waals surface area contributed by atoms with Crippen molar-refractivity contribution in [2.45, 2.75) is 19.8 Å². The summed E-state index contributed by atoms with van der Waals surface area (Å²) in [6.45, 7) is 2.08. The lowest BCUT2D eigenvalue weighted by atomic mass is 10.1. The first-order valence-corrected chi connectivity index (χ1v) is 5.24. The Labute approximate surface area is 91.1 Å². The molecule has 70 valence electrons. The lowest BCUT2D eigenvalue weighted by Gasteiger charge is -2.02. The maximum Gasteiger partial charge on any atom is 0.336 e. The Hall–Kier alpha value is -0.580. The van der Waals surface area contributed by atoms with Crippen molar-refractivity contribution in [3.05, 3.63) is 32.9 Å². The van der Waals surface area contributed by atoms with Crippen LogP contribution in [0, 0.1) is 3.57 Å². The van der Waals surface area contributed by atoms with Gasteiger partial charge in [-0.2, -0.15) is 0 Å². The van der Waals surface area contributed by atoms with Crippen LogP contribution in [0.15, 0.2) is 18.2 Å². The van der Waals surface area contributed by atoms with E-state index in [1.807, 2.05) is 34.7 Å². The number of hydrogen-bond donors (Lipinski definition) is 1. The van der Waals surface area contributed by atoms with Crippen molar-refractivity contribution in [2.75, 3.05) is 0 Å². The van der Waals surface area contributed by atoms with Gasteiger partial charge < -0.3 is 5.11 Å². The van der Waals surface area contributed by atoms with Gasteiger partial charge in [-0.25, -0.2) is 4.79 Å². The van der Waals surface area contributed by atoms with E-state index in [9.17, 15) is 4.79 Å². The van der Waals surface area contributed by atoms with Gasteiger partial charge in [0.1, 0.15) is 0 Å². The molecule has 0 amide bonds. The van der Waals surface area contributed by atoms with Gasteiger partial charge in [-0.05, 0) is 46.7 Å². The van der Waals surface area contributed by atoms with Crippen LogP contribution in [0.1, 0.15) is 29.3 Å². The van der Waals surface area contributed by atoms with Crippen LogP contribution in [-0.4, -0.2) is 11.1 Å². The molecule has 1 rings (SSSR count). The Balaban J connectivity index is 3.04. The molecule has 0 aliphatic rings. The smallest absolute Gasteiger partial charge is 0.336 e. The Morgan fingerprint density at radius 3 is 2.77 bits per heavy atom. The Morgan fingerprint density at radius 2 is 2.23 bits per heavy atom. The highest BCUT2D eigenvalue weighted by atomic mass is 127. The summed E-state index contributed by atoms with van der Waals surface area (Å²) < 4.78 is 0.796. The second-order valence-corrected chi connectivity index (χ2v) is 4.03. The van der Waals surface area contributed by atoms with Crippen molar-refractivity contribution in [2.24, 2.45) is 0 Å². The van der Waals surface area contributed by atoms with E-state index in [2.05, 4.69) is 6.92 Å². The summed E-state index contributed by atoms with van der Waals surface area (Å²) in [7, 11) is 0. The highest BCUT2D eigenvalue weighted by molar-refractivity contribution is 14.1. The zero-order valence-corrected chi connectivity index (χ0v) is 9.54. The second-order valence-electron chi connectivity index (χ2n) is 2.87. The van der Waals surface area contributed by atoms with E-state index in [-0.39, 0.29) is 0 Å². The molecule has 0 aliphatic heterocycles. The molecule has 13 heavy (non-hydrogen) atoms. The Bertz CT molecular complexity index is 321. The van der Waals surface area contributed by atoms with Gasteiger partial charge >= 0.3 is 5.97 Å². The average molecular weight is 290 g/mol. The summed E-state index contributed by atoms with van der Waals surface area (Å²) >= 11 is 2.04. The first-order valence-electron chi connectivity index (χ1n) is 4.17. The number of carboxylic acid groups (broad SMARTS) is 1. The number of rotatable bonds is 3. The maximum absolute atomic E-state index is 10.8. The van der Waals surface area contributed by atoms with Crippen LogP contribution in [0.4, 0.5) is 0 Å². The molecule has 2 nitrogen and oxygen atoms in total. The molecule has 1 aromatic rings. The van der Waals surface area contributed by atoms with E-state index >= 15 is 0 Å². The molecule has 1 N–H and O–H groups in total. The van der Waals surface area contributed by atoms with Gasteiger partial charge in [-0.1, -0.05) is 19.4 Å².